The van der Waals surface area contributed by atoms with Crippen molar-refractivity contribution in [2.75, 3.05) is 0 Å². The van der Waals surface area contributed by atoms with E-state index in [1.807, 2.05) is 30.3 Å². The summed E-state index contributed by atoms with van der Waals surface area (Å²) in [5, 5.41) is 4.32. The van der Waals surface area contributed by atoms with Crippen LogP contribution in [0.5, 0.6) is 0 Å². The average Bonchev–Trinajstić information content (AvgIpc) is 2.62. The Labute approximate surface area is 148 Å². The highest BCUT2D eigenvalue weighted by Crippen LogP contribution is 2.26. The van der Waals surface area contributed by atoms with Crippen LogP contribution in [0, 0.1) is 6.92 Å². The quantitative estimate of drug-likeness (QED) is 0.754. The summed E-state index contributed by atoms with van der Waals surface area (Å²) >= 11 is 3.34. The standard InChI is InChI=1S/C18H20BrN3O2/c1-13-16(19)17(23)21(15-10-6-3-7-11-15)18(24)22(13)20-12-14-8-4-2-5-9-14/h2,4-5,8-9,12,15H,3,6-7,10-11H2,1H3. The third kappa shape index (κ3) is 3.29. The van der Waals surface area contributed by atoms with Gasteiger partial charge in [0.15, 0.2) is 0 Å². The predicted octanol–water partition coefficient (Wildman–Crippen LogP) is 3.47. The molecule has 126 valence electrons. The van der Waals surface area contributed by atoms with Crippen LogP contribution in [-0.2, 0) is 0 Å². The van der Waals surface area contributed by atoms with E-state index in [0.29, 0.717) is 10.2 Å². The molecule has 2 aromatic rings. The maximum absolute atomic E-state index is 12.9. The lowest BCUT2D eigenvalue weighted by molar-refractivity contribution is 0.329. The highest BCUT2D eigenvalue weighted by Gasteiger charge is 2.22. The predicted molar refractivity (Wildman–Crippen MR) is 99.0 cm³/mol. The molecule has 1 aliphatic rings. The lowest BCUT2D eigenvalue weighted by atomic mass is 9.95. The Morgan fingerprint density at radius 3 is 2.46 bits per heavy atom. The summed E-state index contributed by atoms with van der Waals surface area (Å²) in [6.07, 6.45) is 6.64. The van der Waals surface area contributed by atoms with Crippen LogP contribution in [0.2, 0.25) is 0 Å². The van der Waals surface area contributed by atoms with Crippen LogP contribution >= 0.6 is 15.9 Å². The third-order valence-electron chi connectivity index (χ3n) is 4.49. The molecule has 0 saturated heterocycles. The molecule has 0 unspecified atom stereocenters. The molecular weight excluding hydrogens is 370 g/mol. The van der Waals surface area contributed by atoms with E-state index in [1.54, 1.807) is 13.1 Å². The van der Waals surface area contributed by atoms with E-state index < -0.39 is 0 Å². The Bertz CT molecular complexity index is 862. The van der Waals surface area contributed by atoms with Crippen LogP contribution in [0.4, 0.5) is 0 Å². The molecule has 0 radical (unpaired) electrons. The van der Waals surface area contributed by atoms with E-state index in [0.717, 1.165) is 31.2 Å². The van der Waals surface area contributed by atoms with Gasteiger partial charge < -0.3 is 0 Å². The molecular formula is C18H20BrN3O2. The summed E-state index contributed by atoms with van der Waals surface area (Å²) in [7, 11) is 0. The van der Waals surface area contributed by atoms with E-state index in [1.165, 1.54) is 15.7 Å². The van der Waals surface area contributed by atoms with E-state index in [-0.39, 0.29) is 17.3 Å². The minimum absolute atomic E-state index is 0.0335. The summed E-state index contributed by atoms with van der Waals surface area (Å²) in [6.45, 7) is 1.72. The van der Waals surface area contributed by atoms with Gasteiger partial charge >= 0.3 is 5.69 Å². The van der Waals surface area contributed by atoms with Crippen molar-refractivity contribution in [3.8, 4) is 0 Å². The van der Waals surface area contributed by atoms with E-state index in [4.69, 9.17) is 0 Å². The van der Waals surface area contributed by atoms with Crippen molar-refractivity contribution in [2.45, 2.75) is 45.1 Å². The van der Waals surface area contributed by atoms with Gasteiger partial charge in [0.05, 0.1) is 11.9 Å². The molecule has 1 saturated carbocycles. The van der Waals surface area contributed by atoms with Gasteiger partial charge in [-0.25, -0.2) is 4.79 Å². The van der Waals surface area contributed by atoms with Crippen LogP contribution < -0.4 is 11.2 Å². The monoisotopic (exact) mass is 389 g/mol. The van der Waals surface area contributed by atoms with Crippen molar-refractivity contribution in [3.63, 3.8) is 0 Å². The zero-order valence-electron chi connectivity index (χ0n) is 13.6. The van der Waals surface area contributed by atoms with Crippen molar-refractivity contribution >= 4 is 22.1 Å². The van der Waals surface area contributed by atoms with Gasteiger partial charge in [0.2, 0.25) is 0 Å². The van der Waals surface area contributed by atoms with Gasteiger partial charge in [-0.3, -0.25) is 9.36 Å². The lowest BCUT2D eigenvalue weighted by Crippen LogP contribution is -2.43. The largest absolute Gasteiger partial charge is 0.352 e. The first-order chi connectivity index (χ1) is 11.6. The Kier molecular flexibility index (Phi) is 5.14. The van der Waals surface area contributed by atoms with E-state index >= 15 is 0 Å². The molecule has 1 aliphatic carbocycles. The Morgan fingerprint density at radius 1 is 1.12 bits per heavy atom. The molecule has 0 atom stereocenters. The maximum atomic E-state index is 12.9. The van der Waals surface area contributed by atoms with Gasteiger partial charge in [0.25, 0.3) is 5.56 Å². The second-order valence-corrected chi connectivity index (χ2v) is 6.91. The Hall–Kier alpha value is -1.95. The van der Waals surface area contributed by atoms with E-state index in [2.05, 4.69) is 21.0 Å². The SMILES string of the molecule is Cc1c(Br)c(=O)n(C2CCCCC2)c(=O)n1N=Cc1ccccc1. The van der Waals surface area contributed by atoms with Crippen molar-refractivity contribution in [1.82, 2.24) is 9.24 Å². The van der Waals surface area contributed by atoms with Crippen LogP contribution in [0.1, 0.15) is 49.4 Å². The van der Waals surface area contributed by atoms with Crippen molar-refractivity contribution in [2.24, 2.45) is 5.10 Å². The van der Waals surface area contributed by atoms with Gasteiger partial charge in [0, 0.05) is 6.04 Å². The second kappa shape index (κ2) is 7.30. The fourth-order valence-electron chi connectivity index (χ4n) is 3.15. The smallest absolute Gasteiger partial charge is 0.268 e. The molecule has 1 aromatic carbocycles. The van der Waals surface area contributed by atoms with Gasteiger partial charge in [-0.1, -0.05) is 49.6 Å². The summed E-state index contributed by atoms with van der Waals surface area (Å²) in [5.74, 6) is 0. The third-order valence-corrected chi connectivity index (χ3v) is 5.40. The molecule has 0 bridgehead atoms. The second-order valence-electron chi connectivity index (χ2n) is 6.12. The number of halogens is 1. The molecule has 0 aliphatic heterocycles. The molecule has 0 amide bonds. The first-order valence-electron chi connectivity index (χ1n) is 8.22. The number of hydrogen-bond acceptors (Lipinski definition) is 3. The van der Waals surface area contributed by atoms with Crippen molar-refractivity contribution < 1.29 is 0 Å². The molecule has 1 heterocycles. The highest BCUT2D eigenvalue weighted by atomic mass is 79.9. The first kappa shape index (κ1) is 16.9. The highest BCUT2D eigenvalue weighted by molar-refractivity contribution is 9.10. The first-order valence-corrected chi connectivity index (χ1v) is 9.02. The topological polar surface area (TPSA) is 56.4 Å². The normalized spacial score (nSPS) is 15.9. The molecule has 3 rings (SSSR count). The number of benzene rings is 1. The number of aromatic nitrogens is 2. The van der Waals surface area contributed by atoms with Crippen LogP contribution in [0.3, 0.4) is 0 Å². The summed E-state index contributed by atoms with van der Waals surface area (Å²) in [4.78, 5) is 25.5. The maximum Gasteiger partial charge on any atom is 0.352 e. The van der Waals surface area contributed by atoms with Gasteiger partial charge in [-0.2, -0.15) is 9.78 Å². The molecule has 0 spiro atoms. The lowest BCUT2D eigenvalue weighted by Gasteiger charge is -2.24. The van der Waals surface area contributed by atoms with Crippen molar-refractivity contribution in [3.05, 3.63) is 66.9 Å². The van der Waals surface area contributed by atoms with Crippen LogP contribution in [0.25, 0.3) is 0 Å². The van der Waals surface area contributed by atoms with Crippen molar-refractivity contribution in [1.29, 1.82) is 0 Å². The summed E-state index contributed by atoms with van der Waals surface area (Å²) in [5.41, 5.74) is 0.801. The molecule has 0 N–H and O–H groups in total. The zero-order chi connectivity index (χ0) is 17.1. The minimum Gasteiger partial charge on any atom is -0.268 e. The van der Waals surface area contributed by atoms with Gasteiger partial charge in [-0.05, 0) is 41.3 Å². The average molecular weight is 390 g/mol. The molecule has 5 nitrogen and oxygen atoms in total. The molecule has 6 heteroatoms. The number of nitrogens with zero attached hydrogens (tertiary/aromatic N) is 3. The Morgan fingerprint density at radius 2 is 1.79 bits per heavy atom. The zero-order valence-corrected chi connectivity index (χ0v) is 15.2. The molecule has 24 heavy (non-hydrogen) atoms. The van der Waals surface area contributed by atoms with E-state index in [9.17, 15) is 9.59 Å². The fourth-order valence-corrected chi connectivity index (χ4v) is 3.51. The van der Waals surface area contributed by atoms with Gasteiger partial charge in [0.1, 0.15) is 4.47 Å². The molecule has 1 aromatic heterocycles. The van der Waals surface area contributed by atoms with Crippen LogP contribution in [0.15, 0.2) is 49.5 Å². The molecule has 1 fully saturated rings. The number of hydrogen-bond donors (Lipinski definition) is 0. The minimum atomic E-state index is -0.361. The fraction of sp³-hybridized carbons (Fsp3) is 0.389. The summed E-state index contributed by atoms with van der Waals surface area (Å²) < 4.78 is 3.09. The Balaban J connectivity index is 2.09. The van der Waals surface area contributed by atoms with Crippen LogP contribution in [-0.4, -0.2) is 15.5 Å². The summed E-state index contributed by atoms with van der Waals surface area (Å²) in [6, 6.07) is 9.54. The van der Waals surface area contributed by atoms with Gasteiger partial charge in [-0.15, -0.1) is 0 Å². The number of rotatable bonds is 3.